The number of amides is 1. The summed E-state index contributed by atoms with van der Waals surface area (Å²) in [6.07, 6.45) is 8.04. The summed E-state index contributed by atoms with van der Waals surface area (Å²) in [5.41, 5.74) is 8.38. The van der Waals surface area contributed by atoms with E-state index in [0.29, 0.717) is 16.3 Å². The van der Waals surface area contributed by atoms with Gasteiger partial charge in [-0.3, -0.25) is 9.78 Å². The van der Waals surface area contributed by atoms with Crippen molar-refractivity contribution < 1.29 is 14.6 Å². The predicted octanol–water partition coefficient (Wildman–Crippen LogP) is 6.12. The van der Waals surface area contributed by atoms with Crippen molar-refractivity contribution in [1.29, 1.82) is 0 Å². The van der Waals surface area contributed by atoms with Crippen molar-refractivity contribution in [1.82, 2.24) is 9.88 Å². The van der Waals surface area contributed by atoms with Crippen LogP contribution in [0.1, 0.15) is 37.6 Å². The number of rotatable bonds is 6. The highest BCUT2D eigenvalue weighted by Gasteiger charge is 2.47. The molecular weight excluding hydrogens is 486 g/mol. The molecule has 2 heterocycles. The van der Waals surface area contributed by atoms with Gasteiger partial charge in [-0.05, 0) is 62.7 Å². The Morgan fingerprint density at radius 1 is 1.19 bits per heavy atom. The summed E-state index contributed by atoms with van der Waals surface area (Å²) >= 11 is 6.43. The molecule has 4 rings (SSSR count). The fourth-order valence-electron chi connectivity index (χ4n) is 4.20. The number of aliphatic hydroxyl groups is 1. The Balaban J connectivity index is 0.000000262. The van der Waals surface area contributed by atoms with Gasteiger partial charge >= 0.3 is 0 Å². The van der Waals surface area contributed by atoms with E-state index in [1.54, 1.807) is 48.5 Å². The number of pyridine rings is 1. The van der Waals surface area contributed by atoms with Crippen molar-refractivity contribution >= 4 is 34.1 Å². The van der Waals surface area contributed by atoms with E-state index < -0.39 is 5.60 Å². The number of benzene rings is 2. The van der Waals surface area contributed by atoms with Crippen LogP contribution in [-0.4, -0.2) is 46.7 Å². The molecule has 0 unspecified atom stereocenters. The summed E-state index contributed by atoms with van der Waals surface area (Å²) in [4.78, 5) is 18.4. The minimum atomic E-state index is -1.11. The van der Waals surface area contributed by atoms with Crippen LogP contribution in [0.25, 0.3) is 10.9 Å². The lowest BCUT2D eigenvalue weighted by atomic mass is 9.81. The minimum Gasteiger partial charge on any atom is -0.494 e. The molecule has 1 aliphatic rings. The molecule has 0 aliphatic carbocycles. The number of para-hydroxylation sites is 1. The molecule has 0 spiro atoms. The summed E-state index contributed by atoms with van der Waals surface area (Å²) < 4.78 is 5.16. The Morgan fingerprint density at radius 3 is 2.49 bits per heavy atom. The highest BCUT2D eigenvalue weighted by Crippen LogP contribution is 2.38. The molecule has 1 fully saturated rings. The highest BCUT2D eigenvalue weighted by molar-refractivity contribution is 6.32. The van der Waals surface area contributed by atoms with Crippen molar-refractivity contribution in [3.8, 4) is 5.75 Å². The lowest BCUT2D eigenvalue weighted by Gasteiger charge is -2.48. The van der Waals surface area contributed by atoms with Gasteiger partial charge in [0.1, 0.15) is 16.9 Å². The van der Waals surface area contributed by atoms with E-state index in [0.717, 1.165) is 34.2 Å². The first-order valence-corrected chi connectivity index (χ1v) is 12.6. The second-order valence-electron chi connectivity index (χ2n) is 8.90. The predicted molar refractivity (Wildman–Crippen MR) is 152 cm³/mol. The maximum absolute atomic E-state index is 12.5. The van der Waals surface area contributed by atoms with Crippen LogP contribution < -0.4 is 10.5 Å². The van der Waals surface area contributed by atoms with Crippen LogP contribution in [0.15, 0.2) is 95.2 Å². The SMILES string of the molecule is C/C=C\C=C(\Cl)C(=C(C)CC)C1(O)CN(C(=O)c2ccc(N)cc2)C1.COc1cccc2cccnc12. The fraction of sp³-hybridized carbons (Fsp3) is 0.267. The molecule has 1 aromatic heterocycles. The Labute approximate surface area is 223 Å². The molecule has 1 aliphatic heterocycles. The lowest BCUT2D eigenvalue weighted by Crippen LogP contribution is -2.64. The second-order valence-corrected chi connectivity index (χ2v) is 9.31. The van der Waals surface area contributed by atoms with Crippen LogP contribution in [0, 0.1) is 0 Å². The van der Waals surface area contributed by atoms with Gasteiger partial charge in [0.05, 0.1) is 20.2 Å². The van der Waals surface area contributed by atoms with Crippen LogP contribution >= 0.6 is 11.6 Å². The van der Waals surface area contributed by atoms with E-state index in [-0.39, 0.29) is 19.0 Å². The number of hydrogen-bond donors (Lipinski definition) is 2. The standard InChI is InChI=1S/C20H25ClN2O2.C10H9NO/c1-4-6-7-17(21)18(14(3)5-2)20(25)12-23(13-20)19(24)15-8-10-16(22)11-9-15;1-12-9-6-2-4-8-5-3-7-11-10(8)9/h4,6-11,25H,5,12-13,22H2,1-3H3;2-7H,1H3/b6-4-,17-7+,18-14?;. The zero-order valence-electron chi connectivity index (χ0n) is 21.7. The average molecular weight is 520 g/mol. The second kappa shape index (κ2) is 12.6. The van der Waals surface area contributed by atoms with Gasteiger partial charge in [0.15, 0.2) is 0 Å². The molecule has 0 bridgehead atoms. The van der Waals surface area contributed by atoms with Crippen molar-refractivity contribution in [2.24, 2.45) is 0 Å². The van der Waals surface area contributed by atoms with Crippen LogP contribution in [0.5, 0.6) is 5.75 Å². The summed E-state index contributed by atoms with van der Waals surface area (Å²) in [7, 11) is 1.66. The number of methoxy groups -OCH3 is 1. The summed E-state index contributed by atoms with van der Waals surface area (Å²) in [6, 6.07) is 16.6. The molecule has 0 atom stereocenters. The zero-order valence-corrected chi connectivity index (χ0v) is 22.5. The molecule has 6 nitrogen and oxygen atoms in total. The van der Waals surface area contributed by atoms with Crippen molar-refractivity contribution in [3.05, 3.63) is 101 Å². The first-order valence-electron chi connectivity index (χ1n) is 12.2. The number of halogens is 1. The first kappa shape index (κ1) is 28.0. The molecule has 0 radical (unpaired) electrons. The molecule has 3 aromatic rings. The summed E-state index contributed by atoms with van der Waals surface area (Å²) in [5.74, 6) is 0.708. The number of ether oxygens (including phenoxy) is 1. The van der Waals surface area contributed by atoms with Crippen LogP contribution in [0.3, 0.4) is 0 Å². The van der Waals surface area contributed by atoms with Gasteiger partial charge in [0.25, 0.3) is 5.91 Å². The van der Waals surface area contributed by atoms with Crippen LogP contribution in [0.4, 0.5) is 5.69 Å². The Hall–Kier alpha value is -3.61. The van der Waals surface area contributed by atoms with Crippen molar-refractivity contribution in [3.63, 3.8) is 0 Å². The number of fused-ring (bicyclic) bond motifs is 1. The van der Waals surface area contributed by atoms with E-state index >= 15 is 0 Å². The number of carbonyl (C=O) groups excluding carboxylic acids is 1. The molecule has 0 saturated carbocycles. The van der Waals surface area contributed by atoms with Crippen LogP contribution in [-0.2, 0) is 0 Å². The third kappa shape index (κ3) is 6.59. The largest absolute Gasteiger partial charge is 0.494 e. The Bertz CT molecular complexity index is 1320. The quantitative estimate of drug-likeness (QED) is 0.302. The number of nitrogens with zero attached hydrogens (tertiary/aromatic N) is 2. The van der Waals surface area contributed by atoms with Gasteiger partial charge in [-0.25, -0.2) is 0 Å². The third-order valence-corrected chi connectivity index (χ3v) is 6.58. The molecule has 1 saturated heterocycles. The molecule has 1 amide bonds. The van der Waals surface area contributed by atoms with Gasteiger partial charge in [0, 0.05) is 33.4 Å². The van der Waals surface area contributed by atoms with Gasteiger partial charge in [0.2, 0.25) is 0 Å². The smallest absolute Gasteiger partial charge is 0.254 e. The molecule has 3 N–H and O–H groups in total. The van der Waals surface area contributed by atoms with Crippen LogP contribution in [0.2, 0.25) is 0 Å². The Kier molecular flexibility index (Phi) is 9.50. The molecule has 37 heavy (non-hydrogen) atoms. The van der Waals surface area contributed by atoms with E-state index in [1.165, 1.54) is 0 Å². The summed E-state index contributed by atoms with van der Waals surface area (Å²) in [6.45, 7) is 6.34. The lowest BCUT2D eigenvalue weighted by molar-refractivity contribution is -0.0524. The van der Waals surface area contributed by atoms with Gasteiger partial charge in [-0.15, -0.1) is 0 Å². The normalized spacial score (nSPS) is 15.5. The number of β-amino-alcohol motifs (C(OH)–C–C–N with tert-alkyl or cyclic N) is 1. The zero-order chi connectivity index (χ0) is 27.0. The number of carbonyl (C=O) groups is 1. The number of aromatic nitrogens is 1. The monoisotopic (exact) mass is 519 g/mol. The maximum Gasteiger partial charge on any atom is 0.254 e. The topological polar surface area (TPSA) is 88.7 Å². The number of nitrogen functional groups attached to an aromatic ring is 1. The Morgan fingerprint density at radius 2 is 1.86 bits per heavy atom. The van der Waals surface area contributed by atoms with Crippen molar-refractivity contribution in [2.45, 2.75) is 32.8 Å². The average Bonchev–Trinajstić information content (AvgIpc) is 2.90. The molecule has 194 valence electrons. The first-order chi connectivity index (χ1) is 17.7. The maximum atomic E-state index is 12.5. The number of nitrogens with two attached hydrogens (primary N) is 1. The number of allylic oxidation sites excluding steroid dienone is 4. The minimum absolute atomic E-state index is 0.119. The van der Waals surface area contributed by atoms with E-state index in [9.17, 15) is 9.90 Å². The highest BCUT2D eigenvalue weighted by atomic mass is 35.5. The van der Waals surface area contributed by atoms with E-state index in [1.807, 2.05) is 63.3 Å². The number of hydrogen-bond acceptors (Lipinski definition) is 5. The number of anilines is 1. The van der Waals surface area contributed by atoms with Gasteiger partial charge < -0.3 is 20.5 Å². The van der Waals surface area contributed by atoms with Gasteiger partial charge in [-0.2, -0.15) is 0 Å². The van der Waals surface area contributed by atoms with E-state index in [4.69, 9.17) is 22.1 Å². The third-order valence-electron chi connectivity index (χ3n) is 6.26. The number of likely N-dealkylation sites (tertiary alicyclic amines) is 1. The van der Waals surface area contributed by atoms with Crippen molar-refractivity contribution in [2.75, 3.05) is 25.9 Å². The molecule has 2 aromatic carbocycles. The fourth-order valence-corrected chi connectivity index (χ4v) is 4.61. The molecule has 7 heteroatoms. The van der Waals surface area contributed by atoms with Gasteiger partial charge in [-0.1, -0.05) is 54.4 Å². The summed E-state index contributed by atoms with van der Waals surface area (Å²) in [5, 5.41) is 12.7. The molecular formula is C30H34ClN3O3. The van der Waals surface area contributed by atoms with E-state index in [2.05, 4.69) is 4.98 Å².